The molecule has 5 heterocycles. The van der Waals surface area contributed by atoms with Gasteiger partial charge in [-0.05, 0) is 61.7 Å². The average Bonchev–Trinajstić information content (AvgIpc) is 3.41. The van der Waals surface area contributed by atoms with E-state index in [9.17, 15) is 9.59 Å². The minimum Gasteiger partial charge on any atom is -0.456 e. The second kappa shape index (κ2) is 11.8. The third kappa shape index (κ3) is 6.07. The number of fused-ring (bicyclic) bond motifs is 1. The molecule has 1 atom stereocenters. The van der Waals surface area contributed by atoms with Crippen molar-refractivity contribution >= 4 is 34.6 Å². The number of morpholine rings is 1. The standard InChI is InChI=1S/C29H32N8O4/c1-19-8-10-30-24(17-19)33-28(38)20-4-6-22(7-5-20)41-23-9-11-31-26-25(23)27(35-34-26)32-21-3-2-12-37(18-21)29(39)36-13-15-40-16-14-36/h4-11,17,21H,2-3,12-16,18H2,1H3,(H,30,33,38)(H2,31,32,34,35). The number of ether oxygens (including phenoxy) is 2. The van der Waals surface area contributed by atoms with Crippen LogP contribution in [-0.4, -0.2) is 87.3 Å². The quantitative estimate of drug-likeness (QED) is 0.324. The largest absolute Gasteiger partial charge is 0.456 e. The molecule has 41 heavy (non-hydrogen) atoms. The summed E-state index contributed by atoms with van der Waals surface area (Å²) in [5, 5.41) is 14.5. The highest BCUT2D eigenvalue weighted by Crippen LogP contribution is 2.33. The first-order chi connectivity index (χ1) is 20.0. The molecule has 0 spiro atoms. The second-order valence-electron chi connectivity index (χ2n) is 10.2. The predicted octanol–water partition coefficient (Wildman–Crippen LogP) is 4.03. The SMILES string of the molecule is Cc1ccnc(NC(=O)c2ccc(Oc3ccnc4[nH]nc(NC5CCCN(C(=O)N6CCOCC6)C5)c34)cc2)c1. The van der Waals surface area contributed by atoms with E-state index in [1.54, 1.807) is 42.7 Å². The molecule has 2 aliphatic rings. The number of hydrogen-bond donors (Lipinski definition) is 3. The Balaban J connectivity index is 1.14. The van der Waals surface area contributed by atoms with E-state index in [0.29, 0.717) is 67.2 Å². The van der Waals surface area contributed by atoms with Crippen LogP contribution in [0.4, 0.5) is 16.4 Å². The third-order valence-corrected chi connectivity index (χ3v) is 7.24. The number of nitrogens with one attached hydrogen (secondary N) is 3. The average molecular weight is 557 g/mol. The van der Waals surface area contributed by atoms with Crippen molar-refractivity contribution in [3.63, 3.8) is 0 Å². The van der Waals surface area contributed by atoms with E-state index in [1.165, 1.54) is 0 Å². The lowest BCUT2D eigenvalue weighted by Gasteiger charge is -2.37. The maximum atomic E-state index is 13.0. The smallest absolute Gasteiger partial charge is 0.320 e. The molecule has 1 unspecified atom stereocenters. The van der Waals surface area contributed by atoms with Crippen LogP contribution < -0.4 is 15.4 Å². The van der Waals surface area contributed by atoms with Crippen LogP contribution in [0.15, 0.2) is 54.9 Å². The number of H-pyrrole nitrogens is 1. The van der Waals surface area contributed by atoms with Gasteiger partial charge in [0.15, 0.2) is 11.5 Å². The van der Waals surface area contributed by atoms with Gasteiger partial charge >= 0.3 is 6.03 Å². The highest BCUT2D eigenvalue weighted by molar-refractivity contribution is 6.03. The van der Waals surface area contributed by atoms with Gasteiger partial charge in [-0.25, -0.2) is 14.8 Å². The van der Waals surface area contributed by atoms with Crippen LogP contribution >= 0.6 is 0 Å². The molecule has 1 aromatic carbocycles. The Kier molecular flexibility index (Phi) is 7.63. The Morgan fingerprint density at radius 3 is 2.63 bits per heavy atom. The number of nitrogens with zero attached hydrogens (tertiary/aromatic N) is 5. The molecule has 0 saturated carbocycles. The maximum absolute atomic E-state index is 13.0. The number of hydrogen-bond acceptors (Lipinski definition) is 8. The Morgan fingerprint density at radius 1 is 1.02 bits per heavy atom. The summed E-state index contributed by atoms with van der Waals surface area (Å²) in [4.78, 5) is 38.1. The molecule has 3 N–H and O–H groups in total. The molecule has 6 rings (SSSR count). The van der Waals surface area contributed by atoms with Crippen molar-refractivity contribution in [1.29, 1.82) is 0 Å². The lowest BCUT2D eigenvalue weighted by molar-refractivity contribution is 0.0412. The lowest BCUT2D eigenvalue weighted by atomic mass is 10.1. The lowest BCUT2D eigenvalue weighted by Crippen LogP contribution is -2.53. The van der Waals surface area contributed by atoms with Gasteiger partial charge in [-0.2, -0.15) is 5.10 Å². The summed E-state index contributed by atoms with van der Waals surface area (Å²) in [7, 11) is 0. The molecule has 0 radical (unpaired) electrons. The Hall–Kier alpha value is -4.71. The molecular weight excluding hydrogens is 524 g/mol. The number of piperidine rings is 1. The van der Waals surface area contributed by atoms with Crippen LogP contribution in [0.2, 0.25) is 0 Å². The molecule has 0 bridgehead atoms. The molecule has 0 aliphatic carbocycles. The number of pyridine rings is 2. The normalized spacial score (nSPS) is 17.3. The topological polar surface area (TPSA) is 138 Å². The summed E-state index contributed by atoms with van der Waals surface area (Å²) >= 11 is 0. The summed E-state index contributed by atoms with van der Waals surface area (Å²) in [5.74, 6) is 2.01. The van der Waals surface area contributed by atoms with E-state index >= 15 is 0 Å². The van der Waals surface area contributed by atoms with Gasteiger partial charge in [0, 0.05) is 56.2 Å². The number of likely N-dealkylation sites (tertiary alicyclic amines) is 1. The van der Waals surface area contributed by atoms with Crippen LogP contribution in [0, 0.1) is 6.92 Å². The number of urea groups is 1. The highest BCUT2D eigenvalue weighted by atomic mass is 16.5. The number of benzene rings is 1. The first kappa shape index (κ1) is 26.5. The molecule has 12 heteroatoms. The number of aryl methyl sites for hydroxylation is 1. The minimum absolute atomic E-state index is 0.0361. The molecular formula is C29H32N8O4. The first-order valence-electron chi connectivity index (χ1n) is 13.8. The van der Waals surface area contributed by atoms with Crippen molar-refractivity contribution < 1.29 is 19.1 Å². The van der Waals surface area contributed by atoms with Gasteiger partial charge in [-0.15, -0.1) is 0 Å². The van der Waals surface area contributed by atoms with Crippen molar-refractivity contribution in [3.05, 3.63) is 66.0 Å². The van der Waals surface area contributed by atoms with Gasteiger partial charge < -0.3 is 29.9 Å². The van der Waals surface area contributed by atoms with Crippen molar-refractivity contribution in [2.75, 3.05) is 50.0 Å². The Labute approximate surface area is 237 Å². The summed E-state index contributed by atoms with van der Waals surface area (Å²) in [6.45, 7) is 5.68. The van der Waals surface area contributed by atoms with Crippen LogP contribution in [0.25, 0.3) is 11.0 Å². The number of amides is 3. The number of rotatable bonds is 6. The van der Waals surface area contributed by atoms with E-state index < -0.39 is 0 Å². The van der Waals surface area contributed by atoms with Gasteiger partial charge in [0.1, 0.15) is 22.7 Å². The summed E-state index contributed by atoms with van der Waals surface area (Å²) in [6, 6.07) is 12.5. The van der Waals surface area contributed by atoms with Gasteiger partial charge in [-0.1, -0.05) is 0 Å². The van der Waals surface area contributed by atoms with E-state index in [0.717, 1.165) is 30.3 Å². The van der Waals surface area contributed by atoms with Crippen molar-refractivity contribution in [1.82, 2.24) is 30.0 Å². The zero-order chi connectivity index (χ0) is 28.2. The van der Waals surface area contributed by atoms with E-state index in [-0.39, 0.29) is 18.0 Å². The Morgan fingerprint density at radius 2 is 1.83 bits per heavy atom. The van der Waals surface area contributed by atoms with Crippen LogP contribution in [0.5, 0.6) is 11.5 Å². The molecule has 2 aliphatic heterocycles. The van der Waals surface area contributed by atoms with E-state index in [4.69, 9.17) is 9.47 Å². The van der Waals surface area contributed by atoms with Crippen LogP contribution in [0.3, 0.4) is 0 Å². The molecule has 12 nitrogen and oxygen atoms in total. The molecule has 4 aromatic rings. The summed E-state index contributed by atoms with van der Waals surface area (Å²) in [6.07, 6.45) is 5.13. The van der Waals surface area contributed by atoms with Gasteiger partial charge in [0.2, 0.25) is 0 Å². The zero-order valence-corrected chi connectivity index (χ0v) is 22.8. The second-order valence-corrected chi connectivity index (χ2v) is 10.2. The van der Waals surface area contributed by atoms with E-state index in [2.05, 4.69) is 30.8 Å². The first-order valence-corrected chi connectivity index (χ1v) is 13.8. The summed E-state index contributed by atoms with van der Waals surface area (Å²) < 4.78 is 11.6. The third-order valence-electron chi connectivity index (χ3n) is 7.24. The van der Waals surface area contributed by atoms with Crippen molar-refractivity contribution in [3.8, 4) is 11.5 Å². The molecule has 2 saturated heterocycles. The molecule has 212 valence electrons. The van der Waals surface area contributed by atoms with E-state index in [1.807, 2.05) is 28.9 Å². The van der Waals surface area contributed by atoms with Crippen molar-refractivity contribution in [2.45, 2.75) is 25.8 Å². The van der Waals surface area contributed by atoms with Gasteiger partial charge in [0.25, 0.3) is 5.91 Å². The van der Waals surface area contributed by atoms with Crippen molar-refractivity contribution in [2.24, 2.45) is 0 Å². The summed E-state index contributed by atoms with van der Waals surface area (Å²) in [5.41, 5.74) is 2.08. The van der Waals surface area contributed by atoms with Crippen LogP contribution in [0.1, 0.15) is 28.8 Å². The van der Waals surface area contributed by atoms with Gasteiger partial charge in [-0.3, -0.25) is 9.89 Å². The highest BCUT2D eigenvalue weighted by Gasteiger charge is 2.29. The predicted molar refractivity (Wildman–Crippen MR) is 153 cm³/mol. The maximum Gasteiger partial charge on any atom is 0.320 e. The zero-order valence-electron chi connectivity index (χ0n) is 22.8. The number of carbonyl (C=O) groups excluding carboxylic acids is 2. The number of anilines is 2. The molecule has 2 fully saturated rings. The fraction of sp³-hybridized carbons (Fsp3) is 0.345. The fourth-order valence-corrected chi connectivity index (χ4v) is 5.12. The molecule has 3 amide bonds. The fourth-order valence-electron chi connectivity index (χ4n) is 5.12. The molecule has 3 aromatic heterocycles. The number of aromatic nitrogens is 4. The van der Waals surface area contributed by atoms with Gasteiger partial charge in [0.05, 0.1) is 13.2 Å². The number of aromatic amines is 1. The monoisotopic (exact) mass is 556 g/mol. The minimum atomic E-state index is -0.254. The number of carbonyl (C=O) groups is 2. The Bertz CT molecular complexity index is 1530. The van der Waals surface area contributed by atoms with Crippen LogP contribution in [-0.2, 0) is 4.74 Å².